The van der Waals surface area contributed by atoms with Gasteiger partial charge in [0, 0.05) is 33.9 Å². The van der Waals surface area contributed by atoms with E-state index in [1.807, 2.05) is 13.8 Å². The van der Waals surface area contributed by atoms with E-state index in [2.05, 4.69) is 10.2 Å². The molecule has 0 aliphatic heterocycles. The monoisotopic (exact) mass is 276 g/mol. The van der Waals surface area contributed by atoms with Crippen LogP contribution in [0.5, 0.6) is 0 Å². The van der Waals surface area contributed by atoms with Crippen LogP contribution in [0.25, 0.3) is 0 Å². The number of nitrogens with one attached hydrogen (secondary N) is 1. The molecule has 0 rings (SSSR count). The predicted molar refractivity (Wildman–Crippen MR) is 74.3 cm³/mol. The second kappa shape index (κ2) is 10.1. The van der Waals surface area contributed by atoms with E-state index in [9.17, 15) is 4.79 Å². The number of methoxy groups -OCH3 is 2. The first-order valence-electron chi connectivity index (χ1n) is 6.60. The van der Waals surface area contributed by atoms with E-state index in [1.54, 1.807) is 21.3 Å². The average molecular weight is 276 g/mol. The normalized spacial score (nSPS) is 14.4. The van der Waals surface area contributed by atoms with E-state index in [0.29, 0.717) is 26.4 Å². The molecule has 0 aromatic carbocycles. The van der Waals surface area contributed by atoms with Crippen molar-refractivity contribution in [3.05, 3.63) is 0 Å². The zero-order chi connectivity index (χ0) is 14.7. The minimum atomic E-state index is -0.725. The first kappa shape index (κ1) is 18.3. The molecule has 0 heterocycles. The van der Waals surface area contributed by atoms with Crippen LogP contribution in [-0.4, -0.2) is 77.1 Å². The van der Waals surface area contributed by atoms with Crippen molar-refractivity contribution in [2.75, 3.05) is 60.7 Å². The molecule has 6 heteroatoms. The molecule has 114 valence electrons. The Kier molecular flexibility index (Phi) is 9.77. The molecule has 0 saturated carbocycles. The van der Waals surface area contributed by atoms with E-state index in [-0.39, 0.29) is 5.97 Å². The van der Waals surface area contributed by atoms with Crippen molar-refractivity contribution >= 4 is 5.97 Å². The van der Waals surface area contributed by atoms with Gasteiger partial charge < -0.3 is 19.5 Å². The van der Waals surface area contributed by atoms with Gasteiger partial charge in [-0.05, 0) is 20.9 Å². The molecule has 0 aliphatic carbocycles. The third-order valence-electron chi connectivity index (χ3n) is 3.04. The highest BCUT2D eigenvalue weighted by Gasteiger charge is 2.34. The highest BCUT2D eigenvalue weighted by Crippen LogP contribution is 2.09. The van der Waals surface area contributed by atoms with Gasteiger partial charge in [0.15, 0.2) is 0 Å². The summed E-state index contributed by atoms with van der Waals surface area (Å²) < 4.78 is 15.3. The highest BCUT2D eigenvalue weighted by atomic mass is 16.5. The van der Waals surface area contributed by atoms with Crippen LogP contribution < -0.4 is 5.32 Å². The fourth-order valence-corrected chi connectivity index (χ4v) is 1.69. The van der Waals surface area contributed by atoms with Crippen LogP contribution in [-0.2, 0) is 19.0 Å². The van der Waals surface area contributed by atoms with Crippen molar-refractivity contribution in [3.63, 3.8) is 0 Å². The zero-order valence-electron chi connectivity index (χ0n) is 12.8. The molecule has 0 aromatic heterocycles. The third kappa shape index (κ3) is 6.87. The lowest BCUT2D eigenvalue weighted by atomic mass is 10.0. The van der Waals surface area contributed by atoms with Crippen LogP contribution in [0.4, 0.5) is 0 Å². The van der Waals surface area contributed by atoms with Crippen LogP contribution in [0, 0.1) is 0 Å². The maximum atomic E-state index is 12.0. The summed E-state index contributed by atoms with van der Waals surface area (Å²) in [7, 11) is 5.09. The van der Waals surface area contributed by atoms with E-state index < -0.39 is 5.54 Å². The van der Waals surface area contributed by atoms with Gasteiger partial charge in [-0.2, -0.15) is 0 Å². The Morgan fingerprint density at radius 2 is 1.74 bits per heavy atom. The van der Waals surface area contributed by atoms with Gasteiger partial charge in [0.25, 0.3) is 0 Å². The van der Waals surface area contributed by atoms with E-state index in [1.165, 1.54) is 0 Å². The molecule has 6 nitrogen and oxygen atoms in total. The van der Waals surface area contributed by atoms with Gasteiger partial charge in [-0.25, -0.2) is 0 Å². The Bertz CT molecular complexity index is 243. The molecule has 1 atom stereocenters. The predicted octanol–water partition coefficient (Wildman–Crippen LogP) is 0.122. The molecule has 0 aliphatic rings. The minimum Gasteiger partial charge on any atom is -0.465 e. The molecule has 0 fully saturated rings. The van der Waals surface area contributed by atoms with Gasteiger partial charge in [0.05, 0.1) is 19.8 Å². The summed E-state index contributed by atoms with van der Waals surface area (Å²) >= 11 is 0. The Balaban J connectivity index is 4.58. The average Bonchev–Trinajstić information content (AvgIpc) is 2.41. The molecule has 0 radical (unpaired) electrons. The van der Waals surface area contributed by atoms with Gasteiger partial charge in [-0.15, -0.1) is 0 Å². The topological polar surface area (TPSA) is 60.0 Å². The molecule has 0 saturated heterocycles. The molecule has 19 heavy (non-hydrogen) atoms. The number of ether oxygens (including phenoxy) is 3. The lowest BCUT2D eigenvalue weighted by molar-refractivity contribution is -0.151. The number of rotatable bonds is 11. The molecule has 0 aromatic rings. The Morgan fingerprint density at radius 3 is 2.11 bits per heavy atom. The van der Waals surface area contributed by atoms with Crippen molar-refractivity contribution in [2.45, 2.75) is 19.4 Å². The third-order valence-corrected chi connectivity index (χ3v) is 3.04. The van der Waals surface area contributed by atoms with Crippen molar-refractivity contribution in [2.24, 2.45) is 0 Å². The van der Waals surface area contributed by atoms with Crippen molar-refractivity contribution in [1.29, 1.82) is 0 Å². The zero-order valence-corrected chi connectivity index (χ0v) is 12.8. The summed E-state index contributed by atoms with van der Waals surface area (Å²) in [6.07, 6.45) is 0. The minimum absolute atomic E-state index is 0.239. The van der Waals surface area contributed by atoms with Gasteiger partial charge >= 0.3 is 5.97 Å². The molecule has 1 N–H and O–H groups in total. The summed E-state index contributed by atoms with van der Waals surface area (Å²) in [4.78, 5) is 14.1. The van der Waals surface area contributed by atoms with E-state index >= 15 is 0 Å². The first-order valence-corrected chi connectivity index (χ1v) is 6.60. The molecular weight excluding hydrogens is 248 g/mol. The second-order valence-corrected chi connectivity index (χ2v) is 4.56. The van der Waals surface area contributed by atoms with Gasteiger partial charge in [0.1, 0.15) is 5.54 Å². The summed E-state index contributed by atoms with van der Waals surface area (Å²) in [5, 5.41) is 3.05. The van der Waals surface area contributed by atoms with E-state index in [0.717, 1.165) is 13.1 Å². The first-order chi connectivity index (χ1) is 9.03. The summed E-state index contributed by atoms with van der Waals surface area (Å²) in [6, 6.07) is 0. The summed E-state index contributed by atoms with van der Waals surface area (Å²) in [6.45, 7) is 7.31. The van der Waals surface area contributed by atoms with Crippen molar-refractivity contribution < 1.29 is 19.0 Å². The molecule has 0 spiro atoms. The molecule has 0 bridgehead atoms. The van der Waals surface area contributed by atoms with Crippen LogP contribution >= 0.6 is 0 Å². The van der Waals surface area contributed by atoms with Crippen LogP contribution in [0.15, 0.2) is 0 Å². The second-order valence-electron chi connectivity index (χ2n) is 4.56. The maximum Gasteiger partial charge on any atom is 0.327 e. The highest BCUT2D eigenvalue weighted by molar-refractivity contribution is 5.80. The SMILES string of the molecule is CCOC(=O)C(C)(CN(CCOC)CCOC)NC. The largest absolute Gasteiger partial charge is 0.465 e. The lowest BCUT2D eigenvalue weighted by Crippen LogP contribution is -2.57. The van der Waals surface area contributed by atoms with Crippen LogP contribution in [0.2, 0.25) is 0 Å². The summed E-state index contributed by atoms with van der Waals surface area (Å²) in [5.74, 6) is -0.239. The number of hydrogen-bond acceptors (Lipinski definition) is 6. The standard InChI is InChI=1S/C13H28N2O4/c1-6-19-12(16)13(2,14-3)11-15(7-9-17-4)8-10-18-5/h14H,6-11H2,1-5H3. The Labute approximate surface area is 116 Å². The number of likely N-dealkylation sites (N-methyl/N-ethyl adjacent to an activating group) is 1. The number of carbonyl (C=O) groups excluding carboxylic acids is 1. The van der Waals surface area contributed by atoms with Crippen LogP contribution in [0.1, 0.15) is 13.8 Å². The van der Waals surface area contributed by atoms with Crippen LogP contribution in [0.3, 0.4) is 0 Å². The fourth-order valence-electron chi connectivity index (χ4n) is 1.69. The quantitative estimate of drug-likeness (QED) is 0.541. The number of hydrogen-bond donors (Lipinski definition) is 1. The maximum absolute atomic E-state index is 12.0. The molecule has 1 unspecified atom stereocenters. The van der Waals surface area contributed by atoms with E-state index in [4.69, 9.17) is 14.2 Å². The molecular formula is C13H28N2O4. The molecule has 0 amide bonds. The lowest BCUT2D eigenvalue weighted by Gasteiger charge is -2.33. The Morgan fingerprint density at radius 1 is 1.21 bits per heavy atom. The number of esters is 1. The summed E-state index contributed by atoms with van der Waals surface area (Å²) in [5.41, 5.74) is -0.725. The number of carbonyl (C=O) groups is 1. The Hall–Kier alpha value is -0.690. The van der Waals surface area contributed by atoms with Gasteiger partial charge in [0.2, 0.25) is 0 Å². The van der Waals surface area contributed by atoms with Crippen molar-refractivity contribution in [1.82, 2.24) is 10.2 Å². The number of nitrogens with zero attached hydrogens (tertiary/aromatic N) is 1. The van der Waals surface area contributed by atoms with Gasteiger partial charge in [-0.3, -0.25) is 9.69 Å². The van der Waals surface area contributed by atoms with Gasteiger partial charge in [-0.1, -0.05) is 0 Å². The fraction of sp³-hybridized carbons (Fsp3) is 0.923. The smallest absolute Gasteiger partial charge is 0.327 e. The van der Waals surface area contributed by atoms with Crippen molar-refractivity contribution in [3.8, 4) is 0 Å².